The number of nitrogens with one attached hydrogen (secondary N) is 1. The van der Waals surface area contributed by atoms with Crippen molar-refractivity contribution in [3.8, 4) is 11.6 Å². The summed E-state index contributed by atoms with van der Waals surface area (Å²) in [7, 11) is 0. The van der Waals surface area contributed by atoms with Crippen molar-refractivity contribution < 1.29 is 18.8 Å². The number of amides is 2. The first kappa shape index (κ1) is 24.1. The van der Waals surface area contributed by atoms with Crippen molar-refractivity contribution in [3.05, 3.63) is 59.9 Å². The molecule has 0 spiro atoms. The fourth-order valence-electron chi connectivity index (χ4n) is 4.93. The monoisotopic (exact) mass is 514 g/mol. The Morgan fingerprint density at radius 2 is 2.03 bits per heavy atom. The highest BCUT2D eigenvalue weighted by atomic mass is 16.5. The molecule has 1 N–H and O–H groups in total. The first-order valence-corrected chi connectivity index (χ1v) is 13.0. The smallest absolute Gasteiger partial charge is 0.331 e. The van der Waals surface area contributed by atoms with E-state index in [9.17, 15) is 9.59 Å². The average molecular weight is 515 g/mol. The second-order valence-corrected chi connectivity index (χ2v) is 10.6. The Bertz CT molecular complexity index is 1520. The third-order valence-electron chi connectivity index (χ3n) is 7.09. The van der Waals surface area contributed by atoms with Crippen LogP contribution in [0.4, 0.5) is 10.6 Å². The quantitative estimate of drug-likeness (QED) is 0.362. The highest BCUT2D eigenvalue weighted by molar-refractivity contribution is 5.98. The molecule has 1 aromatic carbocycles. The molecule has 3 aromatic heterocycles. The molecule has 38 heavy (non-hydrogen) atoms. The summed E-state index contributed by atoms with van der Waals surface area (Å²) in [6, 6.07) is 8.88. The molecule has 0 bridgehead atoms. The van der Waals surface area contributed by atoms with Gasteiger partial charge >= 0.3 is 6.03 Å². The molecule has 1 atom stereocenters. The topological polar surface area (TPSA) is 115 Å². The molecular formula is C28H30N6O4. The van der Waals surface area contributed by atoms with E-state index in [-0.39, 0.29) is 18.0 Å². The number of ether oxygens (including phenoxy) is 1. The second kappa shape index (κ2) is 9.59. The molecule has 10 nitrogen and oxygen atoms in total. The van der Waals surface area contributed by atoms with Gasteiger partial charge in [-0.2, -0.15) is 0 Å². The van der Waals surface area contributed by atoms with Crippen LogP contribution in [-0.4, -0.2) is 42.6 Å². The van der Waals surface area contributed by atoms with E-state index in [4.69, 9.17) is 9.26 Å². The Kier molecular flexibility index (Phi) is 6.09. The van der Waals surface area contributed by atoms with Gasteiger partial charge in [-0.15, -0.1) is 0 Å². The predicted molar refractivity (Wildman–Crippen MR) is 140 cm³/mol. The number of fused-ring (bicyclic) bond motifs is 2. The van der Waals surface area contributed by atoms with Gasteiger partial charge in [0.25, 0.3) is 0 Å². The first-order chi connectivity index (χ1) is 18.4. The van der Waals surface area contributed by atoms with Gasteiger partial charge in [0.2, 0.25) is 11.8 Å². The van der Waals surface area contributed by atoms with Gasteiger partial charge in [-0.25, -0.2) is 14.8 Å². The minimum atomic E-state index is -0.320. The van der Waals surface area contributed by atoms with Crippen LogP contribution < -0.4 is 10.1 Å². The van der Waals surface area contributed by atoms with Gasteiger partial charge in [-0.1, -0.05) is 19.0 Å². The van der Waals surface area contributed by atoms with Gasteiger partial charge < -0.3 is 14.2 Å². The molecule has 0 radical (unpaired) electrons. The molecule has 10 heteroatoms. The van der Waals surface area contributed by atoms with Gasteiger partial charge in [-0.3, -0.25) is 14.7 Å². The zero-order valence-electron chi connectivity index (χ0n) is 21.7. The molecule has 2 amide bonds. The molecule has 6 rings (SSSR count). The number of anilines is 1. The Balaban J connectivity index is 1.18. The molecule has 0 saturated heterocycles. The number of hydrogen-bond donors (Lipinski definition) is 1. The Hall–Kier alpha value is -4.21. The van der Waals surface area contributed by atoms with Crippen LogP contribution in [0.2, 0.25) is 0 Å². The molecule has 196 valence electrons. The third kappa shape index (κ3) is 4.73. The molecule has 1 aliphatic heterocycles. The van der Waals surface area contributed by atoms with E-state index >= 15 is 0 Å². The van der Waals surface area contributed by atoms with Crippen LogP contribution in [0.5, 0.6) is 11.6 Å². The minimum Gasteiger partial charge on any atom is -0.439 e. The summed E-state index contributed by atoms with van der Waals surface area (Å²) in [6.07, 6.45) is 6.53. The molecule has 4 aromatic rings. The van der Waals surface area contributed by atoms with E-state index in [2.05, 4.69) is 20.4 Å². The van der Waals surface area contributed by atoms with Crippen molar-refractivity contribution in [2.45, 2.75) is 65.0 Å². The number of nitrogens with zero attached hydrogens (tertiary/aromatic N) is 5. The van der Waals surface area contributed by atoms with Crippen LogP contribution in [0.3, 0.4) is 0 Å². The van der Waals surface area contributed by atoms with Crippen molar-refractivity contribution in [3.63, 3.8) is 0 Å². The Morgan fingerprint density at radius 3 is 2.82 bits per heavy atom. The lowest BCUT2D eigenvalue weighted by Gasteiger charge is -2.35. The van der Waals surface area contributed by atoms with Crippen LogP contribution in [0, 0.1) is 5.92 Å². The van der Waals surface area contributed by atoms with Gasteiger partial charge in [0, 0.05) is 41.6 Å². The van der Waals surface area contributed by atoms with E-state index in [0.717, 1.165) is 40.8 Å². The summed E-state index contributed by atoms with van der Waals surface area (Å²) in [4.78, 5) is 36.3. The van der Waals surface area contributed by atoms with E-state index in [1.54, 1.807) is 12.3 Å². The molecule has 1 saturated carbocycles. The number of rotatable bonds is 6. The molecule has 4 heterocycles. The van der Waals surface area contributed by atoms with Crippen molar-refractivity contribution in [1.82, 2.24) is 24.6 Å². The van der Waals surface area contributed by atoms with Crippen LogP contribution >= 0.6 is 0 Å². The SMILES string of the molecule is CC(C)CC(=O)N1Cc2ncnc(Oc3ccc4c(ccn4C(=O)Nc4cc(C5CC5)on4)c3)c2C[C@@H]1C. The average Bonchev–Trinajstić information content (AvgIpc) is 3.48. The van der Waals surface area contributed by atoms with Crippen molar-refractivity contribution in [2.24, 2.45) is 5.92 Å². The second-order valence-electron chi connectivity index (χ2n) is 10.6. The van der Waals surface area contributed by atoms with Gasteiger partial charge in [0.05, 0.1) is 17.8 Å². The van der Waals surface area contributed by atoms with E-state index in [1.165, 1.54) is 10.9 Å². The zero-order chi connectivity index (χ0) is 26.4. The fraction of sp³-hybridized carbons (Fsp3) is 0.393. The summed E-state index contributed by atoms with van der Waals surface area (Å²) in [5.41, 5.74) is 2.47. The van der Waals surface area contributed by atoms with Gasteiger partial charge in [-0.05, 0) is 56.4 Å². The number of hydrogen-bond acceptors (Lipinski definition) is 7. The normalized spacial score (nSPS) is 17.1. The molecule has 0 unspecified atom stereocenters. The third-order valence-corrected chi connectivity index (χ3v) is 7.09. The minimum absolute atomic E-state index is 0.0298. The maximum absolute atomic E-state index is 12.9. The number of benzene rings is 1. The fourth-order valence-corrected chi connectivity index (χ4v) is 4.93. The maximum atomic E-state index is 12.9. The van der Waals surface area contributed by atoms with Crippen molar-refractivity contribution in [1.29, 1.82) is 0 Å². The van der Waals surface area contributed by atoms with E-state index in [0.29, 0.717) is 48.7 Å². The maximum Gasteiger partial charge on any atom is 0.331 e. The summed E-state index contributed by atoms with van der Waals surface area (Å²) >= 11 is 0. The summed E-state index contributed by atoms with van der Waals surface area (Å²) in [5.74, 6) is 3.19. The standard InChI is InChI=1S/C28H30N6O4/c1-16(2)10-26(35)34-14-22-21(11-17(34)3)27(30-15-29-22)37-20-6-7-23-19(12-20)8-9-33(23)28(36)31-25-13-24(38-32-25)18-4-5-18/h6-9,12-13,15-18H,4-5,10-11,14H2,1-3H3,(H,31,32,36)/t17-/m0/s1. The largest absolute Gasteiger partial charge is 0.439 e. The highest BCUT2D eigenvalue weighted by Gasteiger charge is 2.31. The van der Waals surface area contributed by atoms with Crippen LogP contribution in [0.1, 0.15) is 63.0 Å². The van der Waals surface area contributed by atoms with Gasteiger partial charge in [0.15, 0.2) is 5.82 Å². The number of aromatic nitrogens is 4. The van der Waals surface area contributed by atoms with Crippen molar-refractivity contribution >= 4 is 28.7 Å². The number of carbonyl (C=O) groups is 2. The molecule has 1 aliphatic carbocycles. The molecule has 1 fully saturated rings. The van der Waals surface area contributed by atoms with Gasteiger partial charge in [0.1, 0.15) is 17.8 Å². The van der Waals surface area contributed by atoms with Crippen molar-refractivity contribution in [2.75, 3.05) is 5.32 Å². The first-order valence-electron chi connectivity index (χ1n) is 13.0. The number of carbonyl (C=O) groups excluding carboxylic acids is 2. The highest BCUT2D eigenvalue weighted by Crippen LogP contribution is 2.40. The summed E-state index contributed by atoms with van der Waals surface area (Å²) in [6.45, 7) is 6.59. The van der Waals surface area contributed by atoms with E-state index in [1.807, 2.05) is 49.9 Å². The lowest BCUT2D eigenvalue weighted by atomic mass is 9.98. The van der Waals surface area contributed by atoms with Crippen LogP contribution in [0.15, 0.2) is 47.4 Å². The van der Waals surface area contributed by atoms with Crippen LogP contribution in [-0.2, 0) is 17.8 Å². The zero-order valence-corrected chi connectivity index (χ0v) is 21.7. The summed E-state index contributed by atoms with van der Waals surface area (Å²) < 4.78 is 13.1. The lowest BCUT2D eigenvalue weighted by Crippen LogP contribution is -2.43. The Labute approximate surface area is 220 Å². The summed E-state index contributed by atoms with van der Waals surface area (Å²) in [5, 5.41) is 7.60. The Morgan fingerprint density at radius 1 is 1.18 bits per heavy atom. The van der Waals surface area contributed by atoms with Crippen LogP contribution in [0.25, 0.3) is 10.9 Å². The lowest BCUT2D eigenvalue weighted by molar-refractivity contribution is -0.135. The van der Waals surface area contributed by atoms with E-state index < -0.39 is 0 Å². The molecular weight excluding hydrogens is 484 g/mol. The predicted octanol–water partition coefficient (Wildman–Crippen LogP) is 5.49. The molecule has 2 aliphatic rings.